The third-order valence-corrected chi connectivity index (χ3v) is 6.45. The zero-order valence-electron chi connectivity index (χ0n) is 19.0. The number of imidazole rings is 1. The molecule has 0 unspecified atom stereocenters. The summed E-state index contributed by atoms with van der Waals surface area (Å²) in [6.45, 7) is 5.22. The monoisotopic (exact) mass is 466 g/mol. The second-order valence-electron chi connectivity index (χ2n) is 9.11. The standard InChI is InChI=1S/C25H25F3N6/c1-15(2)16-6-7-20-17(10-16)4-3-5-19(20)12-34-13-22(30-14-34)21-11-18(8-9-29-21)23-24(25(26,27)28)32-33-31-23/h6-11,13-15,19H,3-5,12H2,1-2H3,(H,31,32,33)/t19-/m1/s1. The molecule has 1 aliphatic rings. The molecule has 9 heteroatoms. The first kappa shape index (κ1) is 22.3. The molecule has 0 amide bonds. The summed E-state index contributed by atoms with van der Waals surface area (Å²) in [4.78, 5) is 8.79. The molecule has 3 heterocycles. The number of alkyl halides is 3. The number of H-pyrrole nitrogens is 1. The average molecular weight is 467 g/mol. The Hall–Kier alpha value is -3.49. The molecule has 3 aromatic heterocycles. The zero-order chi connectivity index (χ0) is 23.9. The molecule has 1 N–H and O–H groups in total. The van der Waals surface area contributed by atoms with Crippen LogP contribution in [0.1, 0.15) is 60.9 Å². The van der Waals surface area contributed by atoms with Crippen LogP contribution in [0.15, 0.2) is 49.1 Å². The van der Waals surface area contributed by atoms with Crippen LogP contribution in [0.25, 0.3) is 22.6 Å². The molecule has 0 fully saturated rings. The third kappa shape index (κ3) is 4.34. The van der Waals surface area contributed by atoms with E-state index in [1.165, 1.54) is 29.0 Å². The number of rotatable bonds is 5. The molecule has 1 aliphatic carbocycles. The number of hydrogen-bond acceptors (Lipinski definition) is 4. The highest BCUT2D eigenvalue weighted by atomic mass is 19.4. The van der Waals surface area contributed by atoms with E-state index in [-0.39, 0.29) is 11.3 Å². The van der Waals surface area contributed by atoms with Crippen molar-refractivity contribution in [3.05, 3.63) is 71.4 Å². The number of aromatic amines is 1. The smallest absolute Gasteiger partial charge is 0.336 e. The SMILES string of the molecule is CC(C)c1ccc2c(c1)CCC[C@@H]2Cn1cnc(-c2cc(-c3n[nH]nc3C(F)(F)F)ccn2)c1. The molecule has 0 saturated carbocycles. The van der Waals surface area contributed by atoms with E-state index in [1.807, 2.05) is 10.8 Å². The van der Waals surface area contributed by atoms with Crippen LogP contribution in [0.4, 0.5) is 13.2 Å². The van der Waals surface area contributed by atoms with Gasteiger partial charge < -0.3 is 4.57 Å². The minimum absolute atomic E-state index is 0.254. The van der Waals surface area contributed by atoms with Gasteiger partial charge in [-0.3, -0.25) is 4.98 Å². The van der Waals surface area contributed by atoms with Gasteiger partial charge in [-0.05, 0) is 54.0 Å². The largest absolute Gasteiger partial charge is 0.437 e. The number of halogens is 3. The van der Waals surface area contributed by atoms with E-state index in [0.717, 1.165) is 25.8 Å². The average Bonchev–Trinajstić information content (AvgIpc) is 3.49. The molecule has 0 bridgehead atoms. The van der Waals surface area contributed by atoms with Gasteiger partial charge in [-0.2, -0.15) is 28.6 Å². The first-order valence-electron chi connectivity index (χ1n) is 11.4. The van der Waals surface area contributed by atoms with Gasteiger partial charge in [-0.25, -0.2) is 4.98 Å². The molecular formula is C25H25F3N6. The number of hydrogen-bond donors (Lipinski definition) is 1. The van der Waals surface area contributed by atoms with E-state index in [1.54, 1.807) is 12.4 Å². The van der Waals surface area contributed by atoms with E-state index in [4.69, 9.17) is 0 Å². The lowest BCUT2D eigenvalue weighted by Gasteiger charge is -2.27. The molecule has 0 aliphatic heterocycles. The summed E-state index contributed by atoms with van der Waals surface area (Å²) in [5.41, 5.74) is 4.27. The third-order valence-electron chi connectivity index (χ3n) is 6.45. The maximum Gasteiger partial charge on any atom is 0.437 e. The van der Waals surface area contributed by atoms with Gasteiger partial charge in [0.2, 0.25) is 0 Å². The van der Waals surface area contributed by atoms with Crippen LogP contribution in [0, 0.1) is 0 Å². The molecule has 6 nitrogen and oxygen atoms in total. The minimum atomic E-state index is -4.60. The van der Waals surface area contributed by atoms with Crippen LogP contribution in [0.5, 0.6) is 0 Å². The number of aryl methyl sites for hydroxylation is 1. The first-order valence-corrected chi connectivity index (χ1v) is 11.4. The zero-order valence-corrected chi connectivity index (χ0v) is 19.0. The molecular weight excluding hydrogens is 441 g/mol. The Morgan fingerprint density at radius 2 is 1.94 bits per heavy atom. The van der Waals surface area contributed by atoms with Crippen LogP contribution in [-0.2, 0) is 19.1 Å². The maximum atomic E-state index is 13.2. The molecule has 4 aromatic rings. The van der Waals surface area contributed by atoms with Crippen molar-refractivity contribution in [1.29, 1.82) is 0 Å². The molecule has 0 saturated heterocycles. The topological polar surface area (TPSA) is 72.3 Å². The maximum absolute atomic E-state index is 13.2. The van der Waals surface area contributed by atoms with Gasteiger partial charge in [0.1, 0.15) is 11.4 Å². The summed E-state index contributed by atoms with van der Waals surface area (Å²) in [5, 5.41) is 9.04. The Balaban J connectivity index is 1.38. The summed E-state index contributed by atoms with van der Waals surface area (Å²) in [6, 6.07) is 9.89. The predicted molar refractivity (Wildman–Crippen MR) is 122 cm³/mol. The van der Waals surface area contributed by atoms with Crippen LogP contribution in [-0.4, -0.2) is 29.9 Å². The Morgan fingerprint density at radius 1 is 1.09 bits per heavy atom. The van der Waals surface area contributed by atoms with E-state index >= 15 is 0 Å². The number of benzene rings is 1. The van der Waals surface area contributed by atoms with Crippen molar-refractivity contribution < 1.29 is 13.2 Å². The Kier molecular flexibility index (Phi) is 5.71. The Labute approximate surface area is 195 Å². The fourth-order valence-corrected chi connectivity index (χ4v) is 4.68. The molecule has 176 valence electrons. The minimum Gasteiger partial charge on any atom is -0.336 e. The second-order valence-corrected chi connectivity index (χ2v) is 9.11. The molecule has 1 atom stereocenters. The Bertz CT molecular complexity index is 1300. The van der Waals surface area contributed by atoms with Crippen molar-refractivity contribution in [2.75, 3.05) is 0 Å². The lowest BCUT2D eigenvalue weighted by atomic mass is 9.81. The number of nitrogens with zero attached hydrogens (tertiary/aromatic N) is 5. The lowest BCUT2D eigenvalue weighted by molar-refractivity contribution is -0.140. The second kappa shape index (κ2) is 8.70. The Morgan fingerprint density at radius 3 is 2.74 bits per heavy atom. The number of fused-ring (bicyclic) bond motifs is 1. The van der Waals surface area contributed by atoms with Crippen molar-refractivity contribution in [3.8, 4) is 22.6 Å². The summed E-state index contributed by atoms with van der Waals surface area (Å²) < 4.78 is 41.7. The number of pyridine rings is 1. The summed E-state index contributed by atoms with van der Waals surface area (Å²) in [6.07, 6.45) is 3.90. The molecule has 5 rings (SSSR count). The van der Waals surface area contributed by atoms with Gasteiger partial charge >= 0.3 is 6.18 Å². The van der Waals surface area contributed by atoms with Crippen molar-refractivity contribution in [1.82, 2.24) is 29.9 Å². The van der Waals surface area contributed by atoms with E-state index in [9.17, 15) is 13.2 Å². The fourth-order valence-electron chi connectivity index (χ4n) is 4.68. The van der Waals surface area contributed by atoms with Gasteiger partial charge in [-0.15, -0.1) is 0 Å². The first-order chi connectivity index (χ1) is 16.3. The van der Waals surface area contributed by atoms with Gasteiger partial charge in [0, 0.05) is 30.4 Å². The lowest BCUT2D eigenvalue weighted by Crippen LogP contribution is -2.15. The van der Waals surface area contributed by atoms with E-state index in [2.05, 4.69) is 57.4 Å². The van der Waals surface area contributed by atoms with Crippen molar-refractivity contribution >= 4 is 0 Å². The summed E-state index contributed by atoms with van der Waals surface area (Å²) >= 11 is 0. The quantitative estimate of drug-likeness (QED) is 0.392. The van der Waals surface area contributed by atoms with Gasteiger partial charge in [0.15, 0.2) is 5.69 Å². The molecule has 0 radical (unpaired) electrons. The normalized spacial score (nSPS) is 16.1. The van der Waals surface area contributed by atoms with Gasteiger partial charge in [0.25, 0.3) is 0 Å². The van der Waals surface area contributed by atoms with E-state index in [0.29, 0.717) is 23.2 Å². The van der Waals surface area contributed by atoms with Crippen molar-refractivity contribution in [3.63, 3.8) is 0 Å². The van der Waals surface area contributed by atoms with E-state index < -0.39 is 11.9 Å². The van der Waals surface area contributed by atoms with Crippen molar-refractivity contribution in [2.45, 2.75) is 57.7 Å². The van der Waals surface area contributed by atoms with Crippen LogP contribution in [0.2, 0.25) is 0 Å². The molecule has 0 spiro atoms. The van der Waals surface area contributed by atoms with Crippen molar-refractivity contribution in [2.24, 2.45) is 0 Å². The predicted octanol–water partition coefficient (Wildman–Crippen LogP) is 5.99. The highest BCUT2D eigenvalue weighted by Crippen LogP contribution is 2.36. The fraction of sp³-hybridized carbons (Fsp3) is 0.360. The van der Waals surface area contributed by atoms with Gasteiger partial charge in [-0.1, -0.05) is 32.0 Å². The summed E-state index contributed by atoms with van der Waals surface area (Å²) in [5.74, 6) is 0.908. The number of aromatic nitrogens is 6. The molecule has 1 aromatic carbocycles. The van der Waals surface area contributed by atoms with Crippen LogP contribution >= 0.6 is 0 Å². The van der Waals surface area contributed by atoms with Crippen LogP contribution < -0.4 is 0 Å². The number of nitrogens with one attached hydrogen (secondary N) is 1. The van der Waals surface area contributed by atoms with Crippen LogP contribution in [0.3, 0.4) is 0 Å². The van der Waals surface area contributed by atoms with Gasteiger partial charge in [0.05, 0.1) is 12.0 Å². The highest BCUT2D eigenvalue weighted by Gasteiger charge is 2.38. The summed E-state index contributed by atoms with van der Waals surface area (Å²) in [7, 11) is 0. The molecule has 34 heavy (non-hydrogen) atoms. The highest BCUT2D eigenvalue weighted by molar-refractivity contribution is 5.67.